The molecule has 1 aromatic rings. The second-order valence-electron chi connectivity index (χ2n) is 2.99. The van der Waals surface area contributed by atoms with Crippen molar-refractivity contribution in [2.75, 3.05) is 20.2 Å². The van der Waals surface area contributed by atoms with Crippen LogP contribution in [-0.2, 0) is 4.74 Å². The van der Waals surface area contributed by atoms with E-state index in [2.05, 4.69) is 10.4 Å². The van der Waals surface area contributed by atoms with Crippen LogP contribution in [0.1, 0.15) is 6.04 Å². The molecule has 1 aliphatic rings. The van der Waals surface area contributed by atoms with Gasteiger partial charge in [-0.25, -0.2) is 0 Å². The van der Waals surface area contributed by atoms with Gasteiger partial charge < -0.3 is 10.1 Å². The molecular formula is C8H13N3O. The molecule has 1 saturated heterocycles. The Morgan fingerprint density at radius 1 is 1.58 bits per heavy atom. The quantitative estimate of drug-likeness (QED) is 0.676. The predicted molar refractivity (Wildman–Crippen MR) is 44.9 cm³/mol. The van der Waals surface area contributed by atoms with Gasteiger partial charge in [-0.05, 0) is 6.07 Å². The molecule has 0 saturated carbocycles. The molecule has 0 radical (unpaired) electrons. The molecule has 1 N–H and O–H groups in total. The van der Waals surface area contributed by atoms with Gasteiger partial charge in [-0.1, -0.05) is 0 Å². The number of methoxy groups -OCH3 is 1. The van der Waals surface area contributed by atoms with Gasteiger partial charge in [-0.3, -0.25) is 4.68 Å². The molecule has 1 aliphatic heterocycles. The van der Waals surface area contributed by atoms with Crippen molar-refractivity contribution in [1.29, 1.82) is 0 Å². The smallest absolute Gasteiger partial charge is 0.0931 e. The number of nitrogens with one attached hydrogen (secondary N) is 1. The lowest BCUT2D eigenvalue weighted by Crippen LogP contribution is -2.24. The molecule has 1 fully saturated rings. The summed E-state index contributed by atoms with van der Waals surface area (Å²) in [7, 11) is 1.74. The summed E-state index contributed by atoms with van der Waals surface area (Å²) < 4.78 is 7.28. The highest BCUT2D eigenvalue weighted by Crippen LogP contribution is 2.16. The Morgan fingerprint density at radius 3 is 3.17 bits per heavy atom. The number of ether oxygens (including phenoxy) is 1. The van der Waals surface area contributed by atoms with Gasteiger partial charge in [0.2, 0.25) is 0 Å². The van der Waals surface area contributed by atoms with Crippen molar-refractivity contribution in [3.63, 3.8) is 0 Å². The molecule has 2 heterocycles. The van der Waals surface area contributed by atoms with Gasteiger partial charge in [-0.15, -0.1) is 0 Å². The zero-order chi connectivity index (χ0) is 8.39. The Bertz CT molecular complexity index is 234. The van der Waals surface area contributed by atoms with Gasteiger partial charge in [0.25, 0.3) is 0 Å². The van der Waals surface area contributed by atoms with Crippen LogP contribution >= 0.6 is 0 Å². The van der Waals surface area contributed by atoms with Gasteiger partial charge in [0.1, 0.15) is 0 Å². The maximum atomic E-state index is 5.32. The highest BCUT2D eigenvalue weighted by atomic mass is 16.5. The van der Waals surface area contributed by atoms with E-state index in [0.29, 0.717) is 6.04 Å². The lowest BCUT2D eigenvalue weighted by Gasteiger charge is -2.16. The van der Waals surface area contributed by atoms with Crippen LogP contribution in [0.3, 0.4) is 0 Å². The summed E-state index contributed by atoms with van der Waals surface area (Å²) in [5.74, 6) is 0. The zero-order valence-corrected chi connectivity index (χ0v) is 7.10. The molecule has 0 aliphatic carbocycles. The average Bonchev–Trinajstić information content (AvgIpc) is 2.74. The van der Waals surface area contributed by atoms with E-state index < -0.39 is 0 Å². The minimum atomic E-state index is 0.255. The second-order valence-corrected chi connectivity index (χ2v) is 2.99. The van der Waals surface area contributed by atoms with E-state index in [4.69, 9.17) is 4.74 Å². The van der Waals surface area contributed by atoms with Crippen molar-refractivity contribution in [1.82, 2.24) is 15.1 Å². The van der Waals surface area contributed by atoms with Crippen LogP contribution in [0, 0.1) is 0 Å². The van der Waals surface area contributed by atoms with E-state index >= 15 is 0 Å². The Balaban J connectivity index is 2.13. The van der Waals surface area contributed by atoms with Crippen LogP contribution < -0.4 is 5.32 Å². The molecule has 66 valence electrons. The van der Waals surface area contributed by atoms with E-state index in [1.807, 2.05) is 16.9 Å². The molecule has 0 bridgehead atoms. The Labute approximate surface area is 71.5 Å². The molecule has 4 heteroatoms. The van der Waals surface area contributed by atoms with Gasteiger partial charge in [0.15, 0.2) is 0 Å². The fraction of sp³-hybridized carbons (Fsp3) is 0.625. The van der Waals surface area contributed by atoms with Gasteiger partial charge in [-0.2, -0.15) is 5.10 Å². The average molecular weight is 167 g/mol. The van der Waals surface area contributed by atoms with Crippen molar-refractivity contribution in [2.45, 2.75) is 12.1 Å². The monoisotopic (exact) mass is 167 g/mol. The largest absolute Gasteiger partial charge is 0.378 e. The van der Waals surface area contributed by atoms with Gasteiger partial charge >= 0.3 is 0 Å². The zero-order valence-electron chi connectivity index (χ0n) is 7.10. The van der Waals surface area contributed by atoms with Crippen molar-refractivity contribution < 1.29 is 4.74 Å². The minimum absolute atomic E-state index is 0.255. The van der Waals surface area contributed by atoms with Crippen LogP contribution in [-0.4, -0.2) is 36.1 Å². The predicted octanol–water partition coefficient (Wildman–Crippen LogP) is 0.0424. The maximum Gasteiger partial charge on any atom is 0.0931 e. The number of hydrogen-bond acceptors (Lipinski definition) is 3. The van der Waals surface area contributed by atoms with Gasteiger partial charge in [0.05, 0.1) is 12.1 Å². The fourth-order valence-electron chi connectivity index (χ4n) is 1.62. The first kappa shape index (κ1) is 7.76. The molecule has 0 spiro atoms. The highest BCUT2D eigenvalue weighted by molar-refractivity contribution is 4.90. The van der Waals surface area contributed by atoms with Crippen LogP contribution in [0.4, 0.5) is 0 Å². The Kier molecular flexibility index (Phi) is 2.10. The summed E-state index contributed by atoms with van der Waals surface area (Å²) in [4.78, 5) is 0. The summed E-state index contributed by atoms with van der Waals surface area (Å²) in [5.41, 5.74) is 0. The lowest BCUT2D eigenvalue weighted by molar-refractivity contribution is 0.0826. The molecule has 0 aromatic carbocycles. The summed E-state index contributed by atoms with van der Waals surface area (Å²) in [6, 6.07) is 2.29. The topological polar surface area (TPSA) is 39.1 Å². The maximum absolute atomic E-state index is 5.32. The Hall–Kier alpha value is -0.870. The third-order valence-electron chi connectivity index (χ3n) is 2.30. The first-order chi connectivity index (χ1) is 5.92. The van der Waals surface area contributed by atoms with Gasteiger partial charge in [0, 0.05) is 32.6 Å². The van der Waals surface area contributed by atoms with Crippen molar-refractivity contribution >= 4 is 0 Å². The fourth-order valence-corrected chi connectivity index (χ4v) is 1.62. The number of rotatable bonds is 2. The lowest BCUT2D eigenvalue weighted by atomic mass is 10.2. The SMILES string of the molecule is CO[C@@H]1CNC[C@@H]1n1cccn1. The first-order valence-electron chi connectivity index (χ1n) is 4.14. The van der Waals surface area contributed by atoms with Crippen LogP contribution in [0.2, 0.25) is 0 Å². The summed E-state index contributed by atoms with van der Waals surface area (Å²) in [6.07, 6.45) is 4.03. The summed E-state index contributed by atoms with van der Waals surface area (Å²) in [6.45, 7) is 1.86. The molecule has 4 nitrogen and oxygen atoms in total. The molecule has 0 unspecified atom stereocenters. The number of hydrogen-bond donors (Lipinski definition) is 1. The molecule has 12 heavy (non-hydrogen) atoms. The Morgan fingerprint density at radius 2 is 2.50 bits per heavy atom. The summed E-state index contributed by atoms with van der Waals surface area (Å²) in [5, 5.41) is 7.47. The molecule has 2 atom stereocenters. The first-order valence-corrected chi connectivity index (χ1v) is 4.14. The highest BCUT2D eigenvalue weighted by Gasteiger charge is 2.28. The molecule has 2 rings (SSSR count). The van der Waals surface area contributed by atoms with E-state index in [1.54, 1.807) is 13.3 Å². The molecule has 1 aromatic heterocycles. The van der Waals surface area contributed by atoms with E-state index in [0.717, 1.165) is 13.1 Å². The van der Waals surface area contributed by atoms with Crippen molar-refractivity contribution in [2.24, 2.45) is 0 Å². The van der Waals surface area contributed by atoms with E-state index in [1.165, 1.54) is 0 Å². The normalized spacial score (nSPS) is 29.4. The van der Waals surface area contributed by atoms with Crippen molar-refractivity contribution in [3.05, 3.63) is 18.5 Å². The van der Waals surface area contributed by atoms with E-state index in [9.17, 15) is 0 Å². The standard InChI is InChI=1S/C8H13N3O/c1-12-8-6-9-5-7(8)11-4-2-3-10-11/h2-4,7-9H,5-6H2,1H3/t7-,8+/m0/s1. The number of nitrogens with zero attached hydrogens (tertiary/aromatic N) is 2. The second kappa shape index (κ2) is 3.25. The van der Waals surface area contributed by atoms with Crippen LogP contribution in [0.25, 0.3) is 0 Å². The minimum Gasteiger partial charge on any atom is -0.378 e. The van der Waals surface area contributed by atoms with Crippen molar-refractivity contribution in [3.8, 4) is 0 Å². The third-order valence-corrected chi connectivity index (χ3v) is 2.30. The number of aromatic nitrogens is 2. The molecule has 0 amide bonds. The summed E-state index contributed by atoms with van der Waals surface area (Å²) >= 11 is 0. The van der Waals surface area contributed by atoms with E-state index in [-0.39, 0.29) is 6.10 Å². The van der Waals surface area contributed by atoms with Crippen LogP contribution in [0.5, 0.6) is 0 Å². The third kappa shape index (κ3) is 1.23. The van der Waals surface area contributed by atoms with Crippen LogP contribution in [0.15, 0.2) is 18.5 Å². The molecular weight excluding hydrogens is 154 g/mol.